The summed E-state index contributed by atoms with van der Waals surface area (Å²) in [7, 11) is 0. The number of rotatable bonds is 8. The maximum atomic E-state index is 12.2. The van der Waals surface area contributed by atoms with Crippen molar-refractivity contribution in [2.45, 2.75) is 37.8 Å². The van der Waals surface area contributed by atoms with Crippen molar-refractivity contribution < 1.29 is 23.7 Å². The highest BCUT2D eigenvalue weighted by molar-refractivity contribution is 5.77. The Morgan fingerprint density at radius 1 is 0.974 bits per heavy atom. The summed E-state index contributed by atoms with van der Waals surface area (Å²) in [6, 6.07) is 2.83. The highest BCUT2D eigenvalue weighted by Crippen LogP contribution is 2.27. The number of hydrogen-bond donors (Lipinski definition) is 1. The smallest absolute Gasteiger partial charge is 0.304 e. The van der Waals surface area contributed by atoms with Crippen LogP contribution in [0.25, 0.3) is 5.65 Å². The summed E-state index contributed by atoms with van der Waals surface area (Å²) in [6.45, 7) is 5.30. The lowest BCUT2D eigenvalue weighted by molar-refractivity contribution is -0.137. The molecule has 1 aliphatic carbocycles. The van der Waals surface area contributed by atoms with Crippen molar-refractivity contribution >= 4 is 23.3 Å². The summed E-state index contributed by atoms with van der Waals surface area (Å²) in [5.74, 6) is 1.83. The number of carbonyl (C=O) groups is 1. The molecule has 0 radical (unpaired) electrons. The van der Waals surface area contributed by atoms with E-state index in [2.05, 4.69) is 25.2 Å². The topological polar surface area (TPSA) is 128 Å². The first kappa shape index (κ1) is 25.6. The van der Waals surface area contributed by atoms with E-state index in [0.717, 1.165) is 50.2 Å². The van der Waals surface area contributed by atoms with Crippen LogP contribution in [0.5, 0.6) is 11.8 Å². The second-order valence-corrected chi connectivity index (χ2v) is 9.91. The summed E-state index contributed by atoms with van der Waals surface area (Å²) >= 11 is 0. The molecule has 2 saturated heterocycles. The van der Waals surface area contributed by atoms with Gasteiger partial charge in [-0.3, -0.25) is 9.20 Å². The van der Waals surface area contributed by atoms with E-state index in [4.69, 9.17) is 23.9 Å². The van der Waals surface area contributed by atoms with Gasteiger partial charge in [0, 0.05) is 50.7 Å². The van der Waals surface area contributed by atoms with Gasteiger partial charge in [-0.05, 0) is 25.7 Å². The Morgan fingerprint density at radius 3 is 2.44 bits per heavy atom. The number of imidazole rings is 1. The van der Waals surface area contributed by atoms with Crippen molar-refractivity contribution in [3.05, 3.63) is 30.9 Å². The third-order valence-corrected chi connectivity index (χ3v) is 7.31. The number of hydrogen-bond acceptors (Lipinski definition) is 11. The first-order chi connectivity index (χ1) is 19.2. The van der Waals surface area contributed by atoms with Crippen molar-refractivity contribution in [3.63, 3.8) is 0 Å². The summed E-state index contributed by atoms with van der Waals surface area (Å²) in [5, 5.41) is 3.41. The van der Waals surface area contributed by atoms with Crippen molar-refractivity contribution in [3.8, 4) is 11.8 Å². The number of morpholine rings is 2. The van der Waals surface area contributed by atoms with Crippen LogP contribution in [0.15, 0.2) is 30.9 Å². The van der Waals surface area contributed by atoms with Crippen LogP contribution in [0.1, 0.15) is 25.7 Å². The van der Waals surface area contributed by atoms with Gasteiger partial charge in [-0.25, -0.2) is 15.0 Å². The van der Waals surface area contributed by atoms with Crippen LogP contribution < -0.4 is 19.7 Å². The molecule has 3 aliphatic rings. The fraction of sp³-hybridized carbons (Fsp3) is 0.577. The largest absolute Gasteiger partial charge is 0.481 e. The Bertz CT molecular complexity index is 1230. The molecule has 0 spiro atoms. The molecule has 1 saturated carbocycles. The normalized spacial score (nSPS) is 22.1. The number of aromatic nitrogens is 5. The maximum Gasteiger partial charge on any atom is 0.304 e. The average molecular weight is 539 g/mol. The molecule has 0 aromatic carbocycles. The van der Waals surface area contributed by atoms with E-state index in [-0.39, 0.29) is 24.7 Å². The number of fused-ring (bicyclic) bond motifs is 1. The quantitative estimate of drug-likeness (QED) is 0.447. The zero-order chi connectivity index (χ0) is 26.4. The van der Waals surface area contributed by atoms with E-state index in [0.29, 0.717) is 57.2 Å². The van der Waals surface area contributed by atoms with Gasteiger partial charge in [-0.15, -0.1) is 0 Å². The molecule has 39 heavy (non-hydrogen) atoms. The van der Waals surface area contributed by atoms with Gasteiger partial charge < -0.3 is 34.1 Å². The number of amides is 1. The van der Waals surface area contributed by atoms with Crippen LogP contribution in [-0.4, -0.2) is 107 Å². The van der Waals surface area contributed by atoms with Gasteiger partial charge in [0.15, 0.2) is 12.4 Å². The second-order valence-electron chi connectivity index (χ2n) is 9.91. The highest BCUT2D eigenvalue weighted by Gasteiger charge is 2.25. The van der Waals surface area contributed by atoms with E-state index < -0.39 is 0 Å². The molecule has 1 N–H and O–H groups in total. The van der Waals surface area contributed by atoms with Gasteiger partial charge in [0.2, 0.25) is 5.95 Å². The second kappa shape index (κ2) is 12.0. The van der Waals surface area contributed by atoms with E-state index in [1.54, 1.807) is 23.5 Å². The van der Waals surface area contributed by atoms with E-state index in [9.17, 15) is 4.79 Å². The highest BCUT2D eigenvalue weighted by atomic mass is 16.5. The molecule has 0 bridgehead atoms. The van der Waals surface area contributed by atoms with E-state index in [1.807, 2.05) is 16.7 Å². The van der Waals surface area contributed by atoms with Crippen molar-refractivity contribution in [1.82, 2.24) is 29.2 Å². The number of ether oxygens (including phenoxy) is 4. The predicted molar refractivity (Wildman–Crippen MR) is 141 cm³/mol. The fourth-order valence-corrected chi connectivity index (χ4v) is 5.09. The standard InChI is InChI=1S/C26H34N8O5/c35-24(33-9-13-37-14-10-33)18-38-21-16-28-25(29-17-21)30-19-1-3-20(4-2-19)39-26-31-23(32-7-11-36-12-8-32)15-22-27-5-6-34(22)26/h5-6,15-17,19-20H,1-4,7-14,18H2,(H,28,29,30)/t19-,20+. The predicted octanol–water partition coefficient (Wildman–Crippen LogP) is 1.40. The lowest BCUT2D eigenvalue weighted by Crippen LogP contribution is -2.43. The molecule has 3 aromatic heterocycles. The van der Waals surface area contributed by atoms with E-state index >= 15 is 0 Å². The summed E-state index contributed by atoms with van der Waals surface area (Å²) in [6.07, 6.45) is 10.6. The molecule has 13 heteroatoms. The van der Waals surface area contributed by atoms with Crippen molar-refractivity contribution in [2.24, 2.45) is 0 Å². The Hall–Kier alpha value is -3.71. The van der Waals surface area contributed by atoms with Gasteiger partial charge in [0.05, 0.1) is 38.8 Å². The van der Waals surface area contributed by atoms with Gasteiger partial charge in [-0.2, -0.15) is 4.98 Å². The Morgan fingerprint density at radius 2 is 1.69 bits per heavy atom. The minimum atomic E-state index is -0.0590. The minimum Gasteiger partial charge on any atom is -0.481 e. The minimum absolute atomic E-state index is 0.0320. The first-order valence-electron chi connectivity index (χ1n) is 13.6. The van der Waals surface area contributed by atoms with Gasteiger partial charge in [-0.1, -0.05) is 0 Å². The molecule has 1 amide bonds. The molecular weight excluding hydrogens is 504 g/mol. The molecule has 5 heterocycles. The van der Waals surface area contributed by atoms with Crippen molar-refractivity contribution in [1.29, 1.82) is 0 Å². The Labute approximate surface area is 226 Å². The molecule has 208 valence electrons. The molecule has 0 atom stereocenters. The lowest BCUT2D eigenvalue weighted by Gasteiger charge is -2.30. The molecular formula is C26H34N8O5. The average Bonchev–Trinajstić information content (AvgIpc) is 3.48. The molecule has 13 nitrogen and oxygen atoms in total. The third-order valence-electron chi connectivity index (χ3n) is 7.31. The number of nitrogens with zero attached hydrogens (tertiary/aromatic N) is 7. The molecule has 3 aromatic rings. The van der Waals surface area contributed by atoms with Crippen LogP contribution in [0.2, 0.25) is 0 Å². The molecule has 0 unspecified atom stereocenters. The van der Waals surface area contributed by atoms with Crippen molar-refractivity contribution in [2.75, 3.05) is 69.4 Å². The Kier molecular flexibility index (Phi) is 7.86. The van der Waals surface area contributed by atoms with Crippen LogP contribution in [0, 0.1) is 0 Å². The number of carbonyl (C=O) groups excluding carboxylic acids is 1. The van der Waals surface area contributed by atoms with E-state index in [1.165, 1.54) is 0 Å². The molecule has 3 fully saturated rings. The third kappa shape index (κ3) is 6.31. The first-order valence-corrected chi connectivity index (χ1v) is 13.6. The van der Waals surface area contributed by atoms with Gasteiger partial charge in [0.25, 0.3) is 5.91 Å². The van der Waals surface area contributed by atoms with Crippen LogP contribution in [0.3, 0.4) is 0 Å². The van der Waals surface area contributed by atoms with Crippen LogP contribution in [-0.2, 0) is 14.3 Å². The van der Waals surface area contributed by atoms with Gasteiger partial charge >= 0.3 is 6.01 Å². The lowest BCUT2D eigenvalue weighted by atomic mass is 9.93. The zero-order valence-corrected chi connectivity index (χ0v) is 21.9. The van der Waals surface area contributed by atoms with Crippen LogP contribution >= 0.6 is 0 Å². The molecule has 6 rings (SSSR count). The molecule has 2 aliphatic heterocycles. The number of nitrogens with one attached hydrogen (secondary N) is 1. The summed E-state index contributed by atoms with van der Waals surface area (Å²) in [4.78, 5) is 34.3. The fourth-order valence-electron chi connectivity index (χ4n) is 5.09. The Balaban J connectivity index is 0.987. The summed E-state index contributed by atoms with van der Waals surface area (Å²) in [5.41, 5.74) is 0.826. The maximum absolute atomic E-state index is 12.2. The van der Waals surface area contributed by atoms with Crippen LogP contribution in [0.4, 0.5) is 11.8 Å². The van der Waals surface area contributed by atoms with Gasteiger partial charge in [0.1, 0.15) is 17.6 Å². The monoisotopic (exact) mass is 538 g/mol. The number of anilines is 2. The SMILES string of the molecule is O=C(COc1cnc(N[C@H]2CC[C@@H](Oc3nc(N4CCOCC4)cc4nccn34)CC2)nc1)N1CCOCC1. The summed E-state index contributed by atoms with van der Waals surface area (Å²) < 4.78 is 24.7. The zero-order valence-electron chi connectivity index (χ0n) is 21.9.